The molecular weight excluding hydrogens is 483 g/mol. The van der Waals surface area contributed by atoms with E-state index in [0.717, 1.165) is 5.56 Å². The molecular formula is C25H27FN6O3S. The van der Waals surface area contributed by atoms with Crippen LogP contribution >= 0.6 is 0 Å². The number of ether oxygens (including phenoxy) is 2. The fraction of sp³-hybridized carbons (Fsp3) is 0.280. The Morgan fingerprint density at radius 1 is 1.22 bits per heavy atom. The van der Waals surface area contributed by atoms with Crippen LogP contribution in [0.4, 0.5) is 10.2 Å². The van der Waals surface area contributed by atoms with E-state index in [1.54, 1.807) is 30.3 Å². The minimum atomic E-state index is -1.12. The van der Waals surface area contributed by atoms with Gasteiger partial charge in [-0.15, -0.1) is 0 Å². The van der Waals surface area contributed by atoms with Crippen LogP contribution in [-0.4, -0.2) is 50.8 Å². The Kier molecular flexibility index (Phi) is 7.94. The molecule has 0 bridgehead atoms. The van der Waals surface area contributed by atoms with Crippen molar-refractivity contribution in [2.75, 3.05) is 18.9 Å². The zero-order valence-corrected chi connectivity index (χ0v) is 20.7. The topological polar surface area (TPSA) is 153 Å². The predicted molar refractivity (Wildman–Crippen MR) is 136 cm³/mol. The predicted octanol–water partition coefficient (Wildman–Crippen LogP) is 3.24. The quantitative estimate of drug-likeness (QED) is 0.206. The molecule has 0 radical (unpaired) electrons. The molecule has 1 saturated heterocycles. The van der Waals surface area contributed by atoms with Crippen molar-refractivity contribution in [3.8, 4) is 11.3 Å². The normalized spacial score (nSPS) is 14.4. The van der Waals surface area contributed by atoms with E-state index in [0.29, 0.717) is 35.9 Å². The van der Waals surface area contributed by atoms with Crippen LogP contribution in [0.25, 0.3) is 11.3 Å². The third-order valence-electron chi connectivity index (χ3n) is 5.54. The maximum Gasteiger partial charge on any atom is 0.243 e. The molecule has 5 N–H and O–H groups in total. The summed E-state index contributed by atoms with van der Waals surface area (Å²) in [4.78, 5) is 9.16. The molecule has 0 spiro atoms. The molecule has 11 heteroatoms. The smallest absolute Gasteiger partial charge is 0.243 e. The Labute approximate surface area is 211 Å². The van der Waals surface area contributed by atoms with Gasteiger partial charge < -0.3 is 25.1 Å². The summed E-state index contributed by atoms with van der Waals surface area (Å²) in [6.45, 7) is 5.52. The van der Waals surface area contributed by atoms with E-state index in [1.807, 2.05) is 13.8 Å². The summed E-state index contributed by atoms with van der Waals surface area (Å²) in [5.74, 6) is -1.77. The first-order valence-corrected chi connectivity index (χ1v) is 12.5. The molecule has 1 aromatic heterocycles. The van der Waals surface area contributed by atoms with Crippen LogP contribution in [0, 0.1) is 16.6 Å². The van der Waals surface area contributed by atoms with Crippen LogP contribution in [-0.2, 0) is 27.2 Å². The standard InChI is InChI=1S/C25H27FN6O3S/c1-14(2)36(33)18-6-4-16(5-7-18)21-11-31-23(27)22(32-21)25(29)35-24(28)19-8-3-15(9-20(19)26)10-30-17-12-34-13-17/h3-9,11,14,17,28-30H,10,12-13H2,1-2H3,(H2,27,31). The maximum atomic E-state index is 14.7. The van der Waals surface area contributed by atoms with Crippen LogP contribution < -0.4 is 11.1 Å². The highest BCUT2D eigenvalue weighted by molar-refractivity contribution is 7.92. The number of halogens is 1. The van der Waals surface area contributed by atoms with Crippen molar-refractivity contribution in [1.82, 2.24) is 15.3 Å². The van der Waals surface area contributed by atoms with Crippen molar-refractivity contribution in [2.24, 2.45) is 0 Å². The highest BCUT2D eigenvalue weighted by Gasteiger charge is 2.20. The minimum Gasteiger partial charge on any atom is -0.611 e. The van der Waals surface area contributed by atoms with E-state index in [1.165, 1.54) is 18.3 Å². The van der Waals surface area contributed by atoms with Crippen molar-refractivity contribution in [3.05, 3.63) is 71.3 Å². The maximum absolute atomic E-state index is 14.7. The molecule has 0 amide bonds. The number of anilines is 1. The molecule has 0 saturated carbocycles. The molecule has 1 unspecified atom stereocenters. The van der Waals surface area contributed by atoms with Gasteiger partial charge in [0.2, 0.25) is 11.8 Å². The zero-order valence-electron chi connectivity index (χ0n) is 19.9. The summed E-state index contributed by atoms with van der Waals surface area (Å²) in [6, 6.07) is 11.7. The molecule has 188 valence electrons. The van der Waals surface area contributed by atoms with Crippen molar-refractivity contribution < 1.29 is 18.4 Å². The van der Waals surface area contributed by atoms with Gasteiger partial charge >= 0.3 is 0 Å². The van der Waals surface area contributed by atoms with Gasteiger partial charge in [-0.2, -0.15) is 0 Å². The average Bonchev–Trinajstić information content (AvgIpc) is 2.83. The summed E-state index contributed by atoms with van der Waals surface area (Å²) in [7, 11) is 0. The number of hydrogen-bond acceptors (Lipinski definition) is 9. The number of nitrogens with one attached hydrogen (secondary N) is 3. The second-order valence-electron chi connectivity index (χ2n) is 8.55. The lowest BCUT2D eigenvalue weighted by molar-refractivity contribution is -0.00579. The molecule has 1 atom stereocenters. The second-order valence-corrected chi connectivity index (χ2v) is 10.6. The van der Waals surface area contributed by atoms with Gasteiger partial charge in [-0.05, 0) is 67.0 Å². The fourth-order valence-corrected chi connectivity index (χ4v) is 4.36. The van der Waals surface area contributed by atoms with E-state index in [9.17, 15) is 8.94 Å². The average molecular weight is 511 g/mol. The highest BCUT2D eigenvalue weighted by Crippen LogP contribution is 2.23. The van der Waals surface area contributed by atoms with E-state index >= 15 is 0 Å². The van der Waals surface area contributed by atoms with Gasteiger partial charge in [0, 0.05) is 12.1 Å². The van der Waals surface area contributed by atoms with E-state index in [4.69, 9.17) is 26.0 Å². The number of nitrogens with zero attached hydrogens (tertiary/aromatic N) is 2. The highest BCUT2D eigenvalue weighted by atomic mass is 32.2. The largest absolute Gasteiger partial charge is 0.611 e. The first-order chi connectivity index (χ1) is 17.2. The summed E-state index contributed by atoms with van der Waals surface area (Å²) in [5.41, 5.74) is 7.56. The van der Waals surface area contributed by atoms with Crippen molar-refractivity contribution in [3.63, 3.8) is 0 Å². The number of nitrogens with two attached hydrogens (primary N) is 1. The van der Waals surface area contributed by atoms with Gasteiger partial charge in [0.15, 0.2) is 16.4 Å². The van der Waals surface area contributed by atoms with Crippen molar-refractivity contribution in [2.45, 2.75) is 36.6 Å². The summed E-state index contributed by atoms with van der Waals surface area (Å²) in [5, 5.41) is 19.7. The monoisotopic (exact) mass is 510 g/mol. The summed E-state index contributed by atoms with van der Waals surface area (Å²) >= 11 is -1.12. The van der Waals surface area contributed by atoms with Gasteiger partial charge in [0.1, 0.15) is 11.1 Å². The molecule has 1 aliphatic heterocycles. The number of nitrogen functional groups attached to an aromatic ring is 1. The van der Waals surface area contributed by atoms with Crippen LogP contribution in [0.1, 0.15) is 30.7 Å². The van der Waals surface area contributed by atoms with Crippen LogP contribution in [0.3, 0.4) is 0 Å². The van der Waals surface area contributed by atoms with E-state index in [2.05, 4.69) is 15.3 Å². The first-order valence-electron chi connectivity index (χ1n) is 11.3. The first kappa shape index (κ1) is 25.7. The number of hydrogen-bond donors (Lipinski definition) is 4. The zero-order chi connectivity index (χ0) is 25.8. The Hall–Kier alpha value is -3.38. The minimum absolute atomic E-state index is 0.00755. The van der Waals surface area contributed by atoms with Gasteiger partial charge in [-0.3, -0.25) is 10.8 Å². The van der Waals surface area contributed by atoms with Gasteiger partial charge in [-0.1, -0.05) is 6.07 Å². The SMILES string of the molecule is CC(C)[S+]([O-])c1ccc(-c2cnc(N)c(C(=N)OC(=N)c3ccc(CNC4COC4)cc3F)n2)cc1. The molecule has 3 aromatic rings. The summed E-state index contributed by atoms with van der Waals surface area (Å²) in [6.07, 6.45) is 1.45. The van der Waals surface area contributed by atoms with Crippen molar-refractivity contribution >= 4 is 28.8 Å². The molecule has 2 aromatic carbocycles. The second kappa shape index (κ2) is 11.1. The van der Waals surface area contributed by atoms with Crippen LogP contribution in [0.15, 0.2) is 53.6 Å². The number of aromatic nitrogens is 2. The summed E-state index contributed by atoms with van der Waals surface area (Å²) < 4.78 is 37.3. The third-order valence-corrected chi connectivity index (χ3v) is 7.13. The molecule has 1 aliphatic rings. The molecule has 36 heavy (non-hydrogen) atoms. The Morgan fingerprint density at radius 2 is 1.94 bits per heavy atom. The number of rotatable bonds is 8. The lowest BCUT2D eigenvalue weighted by atomic mass is 10.1. The van der Waals surface area contributed by atoms with Gasteiger partial charge in [0.25, 0.3) is 0 Å². The Morgan fingerprint density at radius 3 is 2.56 bits per heavy atom. The van der Waals surface area contributed by atoms with Gasteiger partial charge in [0.05, 0.1) is 36.7 Å². The lowest BCUT2D eigenvalue weighted by Gasteiger charge is -2.27. The molecule has 2 heterocycles. The third kappa shape index (κ3) is 5.88. The molecule has 4 rings (SSSR count). The van der Waals surface area contributed by atoms with E-state index in [-0.39, 0.29) is 28.4 Å². The number of benzene rings is 2. The van der Waals surface area contributed by atoms with E-state index < -0.39 is 28.8 Å². The van der Waals surface area contributed by atoms with Crippen molar-refractivity contribution in [1.29, 1.82) is 10.8 Å². The van der Waals surface area contributed by atoms with Crippen LogP contribution in [0.2, 0.25) is 0 Å². The molecule has 9 nitrogen and oxygen atoms in total. The lowest BCUT2D eigenvalue weighted by Crippen LogP contribution is -2.45. The molecule has 1 fully saturated rings. The van der Waals surface area contributed by atoms with Crippen LogP contribution in [0.5, 0.6) is 0 Å². The fourth-order valence-electron chi connectivity index (χ4n) is 3.41. The Balaban J connectivity index is 1.46. The Bertz CT molecular complexity index is 1270. The molecule has 0 aliphatic carbocycles. The van der Waals surface area contributed by atoms with Gasteiger partial charge in [-0.25, -0.2) is 14.4 Å².